The minimum Gasteiger partial charge on any atom is -0.469 e. The fourth-order valence-electron chi connectivity index (χ4n) is 2.79. The Morgan fingerprint density at radius 2 is 2.22 bits per heavy atom. The summed E-state index contributed by atoms with van der Waals surface area (Å²) in [6.45, 7) is 0. The second kappa shape index (κ2) is 4.24. The van der Waals surface area contributed by atoms with Crippen LogP contribution in [0, 0.1) is 0 Å². The van der Waals surface area contributed by atoms with Crippen molar-refractivity contribution in [1.29, 1.82) is 0 Å². The summed E-state index contributed by atoms with van der Waals surface area (Å²) in [5, 5.41) is 3.30. The molecule has 1 saturated heterocycles. The number of carbonyl (C=O) groups excluding carboxylic acids is 2. The quantitative estimate of drug-likeness (QED) is 0.793. The maximum Gasteiger partial charge on any atom is 0.246 e. The number of nitrogens with zero attached hydrogens (tertiary/aromatic N) is 1. The monoisotopic (exact) mass is 248 g/mol. The van der Waals surface area contributed by atoms with E-state index in [1.54, 1.807) is 6.26 Å². The first kappa shape index (κ1) is 11.5. The van der Waals surface area contributed by atoms with Crippen molar-refractivity contribution in [2.45, 2.75) is 37.8 Å². The lowest BCUT2D eigenvalue weighted by molar-refractivity contribution is -0.137. The van der Waals surface area contributed by atoms with Crippen LogP contribution >= 0.6 is 0 Å². The molecule has 0 spiro atoms. The minimum atomic E-state index is -0.381. The molecule has 2 unspecified atom stereocenters. The molecule has 18 heavy (non-hydrogen) atoms. The van der Waals surface area contributed by atoms with Crippen molar-refractivity contribution in [3.05, 3.63) is 23.7 Å². The lowest BCUT2D eigenvalue weighted by Gasteiger charge is -2.25. The van der Waals surface area contributed by atoms with Crippen LogP contribution in [0.4, 0.5) is 0 Å². The molecule has 0 aromatic carbocycles. The Morgan fingerprint density at radius 1 is 1.39 bits per heavy atom. The molecule has 96 valence electrons. The molecule has 0 bridgehead atoms. The Kier molecular flexibility index (Phi) is 2.70. The van der Waals surface area contributed by atoms with Crippen LogP contribution in [0.1, 0.15) is 36.6 Å². The highest BCUT2D eigenvalue weighted by molar-refractivity contribution is 6.05. The average molecular weight is 248 g/mol. The van der Waals surface area contributed by atoms with Gasteiger partial charge in [0.2, 0.25) is 11.8 Å². The first-order valence-corrected chi connectivity index (χ1v) is 6.29. The van der Waals surface area contributed by atoms with Crippen LogP contribution in [0.3, 0.4) is 0 Å². The number of furan rings is 1. The number of likely N-dealkylation sites (tertiary alicyclic amines) is 1. The molecule has 0 saturated carbocycles. The van der Waals surface area contributed by atoms with E-state index in [-0.39, 0.29) is 30.3 Å². The van der Waals surface area contributed by atoms with E-state index >= 15 is 0 Å². The number of hydrogen-bond acceptors (Lipinski definition) is 4. The van der Waals surface area contributed by atoms with Gasteiger partial charge in [0, 0.05) is 25.1 Å². The summed E-state index contributed by atoms with van der Waals surface area (Å²) in [5.74, 6) is 0.764. The van der Waals surface area contributed by atoms with Gasteiger partial charge in [0.05, 0.1) is 18.7 Å². The number of likely N-dealkylation sites (N-methyl/N-ethyl adjacent to an activating group) is 1. The van der Waals surface area contributed by atoms with Crippen LogP contribution in [0.2, 0.25) is 0 Å². The molecule has 1 aliphatic heterocycles. The summed E-state index contributed by atoms with van der Waals surface area (Å²) in [6.07, 6.45) is 4.94. The predicted molar refractivity (Wildman–Crippen MR) is 63.7 cm³/mol. The van der Waals surface area contributed by atoms with Gasteiger partial charge in [-0.3, -0.25) is 19.8 Å². The SMILES string of the molecule is CN1C(=O)CC(NC2CCCc3occc32)C1=O. The van der Waals surface area contributed by atoms with E-state index in [0.717, 1.165) is 30.6 Å². The minimum absolute atomic E-state index is 0.110. The third kappa shape index (κ3) is 1.75. The summed E-state index contributed by atoms with van der Waals surface area (Å²) in [6, 6.07) is 1.70. The van der Waals surface area contributed by atoms with Crippen molar-refractivity contribution in [2.24, 2.45) is 0 Å². The zero-order valence-corrected chi connectivity index (χ0v) is 10.3. The maximum atomic E-state index is 11.9. The molecule has 5 nitrogen and oxygen atoms in total. The van der Waals surface area contributed by atoms with E-state index in [0.29, 0.717) is 0 Å². The van der Waals surface area contributed by atoms with Gasteiger partial charge in [-0.2, -0.15) is 0 Å². The van der Waals surface area contributed by atoms with Crippen LogP contribution in [0.15, 0.2) is 16.7 Å². The van der Waals surface area contributed by atoms with Gasteiger partial charge in [0.25, 0.3) is 0 Å². The normalized spacial score (nSPS) is 27.7. The molecule has 2 heterocycles. The molecule has 2 aliphatic rings. The zero-order valence-electron chi connectivity index (χ0n) is 10.3. The van der Waals surface area contributed by atoms with Gasteiger partial charge in [0.15, 0.2) is 0 Å². The number of carbonyl (C=O) groups is 2. The average Bonchev–Trinajstić information content (AvgIpc) is 2.92. The number of amides is 2. The third-order valence-electron chi connectivity index (χ3n) is 3.84. The molecule has 1 aliphatic carbocycles. The van der Waals surface area contributed by atoms with Gasteiger partial charge in [-0.1, -0.05) is 0 Å². The number of rotatable bonds is 2. The molecule has 2 amide bonds. The summed E-state index contributed by atoms with van der Waals surface area (Å²) >= 11 is 0. The van der Waals surface area contributed by atoms with Crippen molar-refractivity contribution in [1.82, 2.24) is 10.2 Å². The summed E-state index contributed by atoms with van der Waals surface area (Å²) < 4.78 is 5.42. The van der Waals surface area contributed by atoms with Gasteiger partial charge < -0.3 is 4.42 Å². The Bertz CT molecular complexity index is 494. The Morgan fingerprint density at radius 3 is 2.94 bits per heavy atom. The van der Waals surface area contributed by atoms with Crippen LogP contribution in [0.25, 0.3) is 0 Å². The van der Waals surface area contributed by atoms with Crippen molar-refractivity contribution in [2.75, 3.05) is 7.05 Å². The second-order valence-electron chi connectivity index (χ2n) is 4.96. The standard InChI is InChI=1S/C13H16N2O3/c1-15-12(16)7-10(13(15)17)14-9-3-2-4-11-8(9)5-6-18-11/h5-6,9-10,14H,2-4,7H2,1H3. The molecule has 1 fully saturated rings. The van der Waals surface area contributed by atoms with Crippen LogP contribution in [0.5, 0.6) is 0 Å². The van der Waals surface area contributed by atoms with E-state index < -0.39 is 0 Å². The van der Waals surface area contributed by atoms with Crippen LogP contribution < -0.4 is 5.32 Å². The summed E-state index contributed by atoms with van der Waals surface area (Å²) in [4.78, 5) is 24.5. The molecule has 1 N–H and O–H groups in total. The molecular weight excluding hydrogens is 232 g/mol. The van der Waals surface area contributed by atoms with E-state index in [1.807, 2.05) is 6.07 Å². The number of imide groups is 1. The van der Waals surface area contributed by atoms with Crippen molar-refractivity contribution < 1.29 is 14.0 Å². The molecule has 1 aromatic heterocycles. The molecular formula is C13H16N2O3. The van der Waals surface area contributed by atoms with E-state index in [9.17, 15) is 9.59 Å². The maximum absolute atomic E-state index is 11.9. The van der Waals surface area contributed by atoms with Gasteiger partial charge in [0.1, 0.15) is 5.76 Å². The third-order valence-corrected chi connectivity index (χ3v) is 3.84. The largest absolute Gasteiger partial charge is 0.469 e. The molecule has 2 atom stereocenters. The summed E-state index contributed by atoms with van der Waals surface area (Å²) in [5.41, 5.74) is 1.14. The topological polar surface area (TPSA) is 62.6 Å². The molecule has 1 aromatic rings. The number of nitrogens with one attached hydrogen (secondary N) is 1. The van der Waals surface area contributed by atoms with Gasteiger partial charge in [-0.25, -0.2) is 0 Å². The Balaban J connectivity index is 1.76. The first-order chi connectivity index (χ1) is 8.66. The van der Waals surface area contributed by atoms with Gasteiger partial charge in [-0.15, -0.1) is 0 Å². The highest BCUT2D eigenvalue weighted by atomic mass is 16.3. The molecule has 5 heteroatoms. The van der Waals surface area contributed by atoms with Crippen molar-refractivity contribution in [3.8, 4) is 0 Å². The van der Waals surface area contributed by atoms with Crippen LogP contribution in [-0.2, 0) is 16.0 Å². The second-order valence-corrected chi connectivity index (χ2v) is 4.96. The smallest absolute Gasteiger partial charge is 0.246 e. The van der Waals surface area contributed by atoms with E-state index in [1.165, 1.54) is 11.9 Å². The fraction of sp³-hybridized carbons (Fsp3) is 0.538. The van der Waals surface area contributed by atoms with Gasteiger partial charge >= 0.3 is 0 Å². The highest BCUT2D eigenvalue weighted by Gasteiger charge is 2.38. The lowest BCUT2D eigenvalue weighted by Crippen LogP contribution is -2.40. The van der Waals surface area contributed by atoms with Crippen molar-refractivity contribution >= 4 is 11.8 Å². The summed E-state index contributed by atoms with van der Waals surface area (Å²) in [7, 11) is 1.54. The Labute approximate surface area is 105 Å². The van der Waals surface area contributed by atoms with Gasteiger partial charge in [-0.05, 0) is 18.9 Å². The molecule has 0 radical (unpaired) electrons. The Hall–Kier alpha value is -1.62. The fourth-order valence-corrected chi connectivity index (χ4v) is 2.79. The zero-order chi connectivity index (χ0) is 12.7. The first-order valence-electron chi connectivity index (χ1n) is 6.29. The number of hydrogen-bond donors (Lipinski definition) is 1. The number of aryl methyl sites for hydroxylation is 1. The molecule has 3 rings (SSSR count). The predicted octanol–water partition coefficient (Wildman–Crippen LogP) is 1.00. The van der Waals surface area contributed by atoms with E-state index in [2.05, 4.69) is 5.32 Å². The number of fused-ring (bicyclic) bond motifs is 1. The van der Waals surface area contributed by atoms with Crippen LogP contribution in [-0.4, -0.2) is 29.8 Å². The highest BCUT2D eigenvalue weighted by Crippen LogP contribution is 2.31. The van der Waals surface area contributed by atoms with E-state index in [4.69, 9.17) is 4.42 Å². The lowest BCUT2D eigenvalue weighted by atomic mass is 9.92. The van der Waals surface area contributed by atoms with Crippen molar-refractivity contribution in [3.63, 3.8) is 0 Å².